The molecule has 0 fully saturated rings. The van der Waals surface area contributed by atoms with Crippen LogP contribution >= 0.6 is 0 Å². The summed E-state index contributed by atoms with van der Waals surface area (Å²) in [5.41, 5.74) is 12.0. The van der Waals surface area contributed by atoms with Crippen molar-refractivity contribution in [3.8, 4) is 11.8 Å². The predicted octanol–water partition coefficient (Wildman–Crippen LogP) is 2.38. The molecular weight excluding hydrogens is 212 g/mol. The molecule has 0 unspecified atom stereocenters. The summed E-state index contributed by atoms with van der Waals surface area (Å²) in [5.74, 6) is 6.22. The lowest BCUT2D eigenvalue weighted by atomic mass is 9.96. The van der Waals surface area contributed by atoms with Crippen LogP contribution in [0, 0.1) is 11.8 Å². The molecule has 0 saturated carbocycles. The molecule has 1 aromatic rings. The van der Waals surface area contributed by atoms with E-state index in [1.807, 2.05) is 6.07 Å². The standard InChI is InChI=1S/C13H14N4/c14-17-16-8-2-1-4-11-5-3-6-12-10-15-9-7-13(11)12/h3,5-6,15H,2,7-10H2. The highest BCUT2D eigenvalue weighted by molar-refractivity contribution is 5.46. The molecule has 1 aromatic carbocycles. The van der Waals surface area contributed by atoms with E-state index in [0.29, 0.717) is 13.0 Å². The molecule has 0 bridgehead atoms. The second-order valence-corrected chi connectivity index (χ2v) is 3.88. The Morgan fingerprint density at radius 1 is 1.47 bits per heavy atom. The third-order valence-corrected chi connectivity index (χ3v) is 2.76. The zero-order chi connectivity index (χ0) is 11.9. The minimum atomic E-state index is 0.445. The Bertz CT molecular complexity index is 504. The number of nitrogens with zero attached hydrogens (tertiary/aromatic N) is 3. The zero-order valence-electron chi connectivity index (χ0n) is 9.61. The van der Waals surface area contributed by atoms with Gasteiger partial charge in [-0.25, -0.2) is 0 Å². The van der Waals surface area contributed by atoms with Gasteiger partial charge in [0.25, 0.3) is 0 Å². The van der Waals surface area contributed by atoms with Gasteiger partial charge in [0.2, 0.25) is 0 Å². The van der Waals surface area contributed by atoms with Crippen molar-refractivity contribution in [2.75, 3.05) is 13.1 Å². The van der Waals surface area contributed by atoms with Gasteiger partial charge in [-0.15, -0.1) is 0 Å². The fourth-order valence-corrected chi connectivity index (χ4v) is 1.96. The topological polar surface area (TPSA) is 60.8 Å². The summed E-state index contributed by atoms with van der Waals surface area (Å²) in [4.78, 5) is 2.70. The van der Waals surface area contributed by atoms with Crippen LogP contribution in [-0.2, 0) is 13.0 Å². The molecule has 1 N–H and O–H groups in total. The van der Waals surface area contributed by atoms with Crippen LogP contribution in [0.3, 0.4) is 0 Å². The Hall–Kier alpha value is -1.95. The minimum Gasteiger partial charge on any atom is -0.312 e. The maximum atomic E-state index is 8.14. The SMILES string of the molecule is [N-]=[N+]=NCCC#Cc1cccc2c1CCNC2. The maximum Gasteiger partial charge on any atom is 0.0367 e. The first-order valence-corrected chi connectivity index (χ1v) is 5.73. The minimum absolute atomic E-state index is 0.445. The highest BCUT2D eigenvalue weighted by atomic mass is 15.1. The summed E-state index contributed by atoms with van der Waals surface area (Å²) in [5, 5.41) is 6.81. The zero-order valence-corrected chi connectivity index (χ0v) is 9.61. The Kier molecular flexibility index (Phi) is 4.04. The number of benzene rings is 1. The Morgan fingerprint density at radius 3 is 3.29 bits per heavy atom. The van der Waals surface area contributed by atoms with Gasteiger partial charge >= 0.3 is 0 Å². The predicted molar refractivity (Wildman–Crippen MR) is 67.4 cm³/mol. The smallest absolute Gasteiger partial charge is 0.0367 e. The lowest BCUT2D eigenvalue weighted by molar-refractivity contribution is 0.643. The number of hydrogen-bond donors (Lipinski definition) is 1. The fraction of sp³-hybridized carbons (Fsp3) is 0.385. The number of rotatable bonds is 2. The summed E-state index contributed by atoms with van der Waals surface area (Å²) in [6, 6.07) is 6.25. The van der Waals surface area contributed by atoms with Crippen LogP contribution in [0.4, 0.5) is 0 Å². The van der Waals surface area contributed by atoms with E-state index in [4.69, 9.17) is 5.53 Å². The molecule has 17 heavy (non-hydrogen) atoms. The van der Waals surface area contributed by atoms with Crippen molar-refractivity contribution in [3.05, 3.63) is 45.3 Å². The third kappa shape index (κ3) is 3.01. The average Bonchev–Trinajstić information content (AvgIpc) is 2.39. The van der Waals surface area contributed by atoms with Crippen molar-refractivity contribution in [3.63, 3.8) is 0 Å². The molecule has 4 nitrogen and oxygen atoms in total. The molecule has 86 valence electrons. The molecule has 0 aliphatic carbocycles. The first-order chi connectivity index (χ1) is 8.42. The van der Waals surface area contributed by atoms with Gasteiger partial charge in [-0.3, -0.25) is 0 Å². The lowest BCUT2D eigenvalue weighted by Gasteiger charge is -2.18. The number of nitrogens with one attached hydrogen (secondary N) is 1. The van der Waals surface area contributed by atoms with E-state index >= 15 is 0 Å². The van der Waals surface area contributed by atoms with Gasteiger partial charge in [0.15, 0.2) is 0 Å². The Balaban J connectivity index is 2.12. The molecular formula is C13H14N4. The molecule has 1 aliphatic heterocycles. The molecule has 0 radical (unpaired) electrons. The molecule has 1 aliphatic rings. The Labute approximate surface area is 101 Å². The molecule has 0 saturated heterocycles. The highest BCUT2D eigenvalue weighted by Crippen LogP contribution is 2.17. The van der Waals surface area contributed by atoms with Crippen LogP contribution in [-0.4, -0.2) is 13.1 Å². The molecule has 2 rings (SSSR count). The van der Waals surface area contributed by atoms with Crippen LogP contribution in [0.2, 0.25) is 0 Å². The maximum absolute atomic E-state index is 8.14. The molecule has 0 spiro atoms. The van der Waals surface area contributed by atoms with Crippen LogP contribution in [0.15, 0.2) is 23.3 Å². The summed E-state index contributed by atoms with van der Waals surface area (Å²) in [6.07, 6.45) is 1.66. The van der Waals surface area contributed by atoms with Crippen LogP contribution in [0.1, 0.15) is 23.1 Å². The van der Waals surface area contributed by atoms with E-state index < -0.39 is 0 Å². The molecule has 1 heterocycles. The van der Waals surface area contributed by atoms with Crippen molar-refractivity contribution in [2.24, 2.45) is 5.11 Å². The van der Waals surface area contributed by atoms with Crippen molar-refractivity contribution in [2.45, 2.75) is 19.4 Å². The molecule has 0 amide bonds. The lowest BCUT2D eigenvalue weighted by Crippen LogP contribution is -2.24. The van der Waals surface area contributed by atoms with Gasteiger partial charge in [-0.2, -0.15) is 0 Å². The first kappa shape index (κ1) is 11.5. The van der Waals surface area contributed by atoms with E-state index in [1.54, 1.807) is 0 Å². The second kappa shape index (κ2) is 5.95. The van der Waals surface area contributed by atoms with Crippen molar-refractivity contribution < 1.29 is 0 Å². The van der Waals surface area contributed by atoms with E-state index in [0.717, 1.165) is 25.1 Å². The van der Waals surface area contributed by atoms with Crippen molar-refractivity contribution in [1.82, 2.24) is 5.32 Å². The van der Waals surface area contributed by atoms with Gasteiger partial charge in [0.1, 0.15) is 0 Å². The van der Waals surface area contributed by atoms with E-state index in [-0.39, 0.29) is 0 Å². The van der Waals surface area contributed by atoms with Gasteiger partial charge in [0, 0.05) is 30.0 Å². The van der Waals surface area contributed by atoms with E-state index in [1.165, 1.54) is 11.1 Å². The quantitative estimate of drug-likeness (QED) is 0.272. The third-order valence-electron chi connectivity index (χ3n) is 2.76. The first-order valence-electron chi connectivity index (χ1n) is 5.73. The highest BCUT2D eigenvalue weighted by Gasteiger charge is 2.10. The average molecular weight is 226 g/mol. The largest absolute Gasteiger partial charge is 0.312 e. The summed E-state index contributed by atoms with van der Waals surface area (Å²) < 4.78 is 0. The summed E-state index contributed by atoms with van der Waals surface area (Å²) >= 11 is 0. The summed E-state index contributed by atoms with van der Waals surface area (Å²) in [7, 11) is 0. The number of fused-ring (bicyclic) bond motifs is 1. The normalized spacial score (nSPS) is 12.9. The van der Waals surface area contributed by atoms with Crippen LogP contribution in [0.25, 0.3) is 10.4 Å². The van der Waals surface area contributed by atoms with Crippen molar-refractivity contribution in [1.29, 1.82) is 0 Å². The Morgan fingerprint density at radius 2 is 2.41 bits per heavy atom. The molecule has 0 aromatic heterocycles. The molecule has 0 atom stereocenters. The van der Waals surface area contributed by atoms with E-state index in [2.05, 4.69) is 39.3 Å². The number of hydrogen-bond acceptors (Lipinski definition) is 2. The van der Waals surface area contributed by atoms with Crippen LogP contribution in [0.5, 0.6) is 0 Å². The van der Waals surface area contributed by atoms with Gasteiger partial charge < -0.3 is 5.32 Å². The second-order valence-electron chi connectivity index (χ2n) is 3.88. The fourth-order valence-electron chi connectivity index (χ4n) is 1.96. The monoisotopic (exact) mass is 226 g/mol. The van der Waals surface area contributed by atoms with Gasteiger partial charge in [-0.1, -0.05) is 29.1 Å². The molecule has 4 heteroatoms. The van der Waals surface area contributed by atoms with Gasteiger partial charge in [-0.05, 0) is 35.7 Å². The van der Waals surface area contributed by atoms with Crippen molar-refractivity contribution >= 4 is 0 Å². The summed E-state index contributed by atoms with van der Waals surface area (Å²) in [6.45, 7) is 2.40. The number of azide groups is 1. The van der Waals surface area contributed by atoms with E-state index in [9.17, 15) is 0 Å². The van der Waals surface area contributed by atoms with Gasteiger partial charge in [0.05, 0.1) is 0 Å². The van der Waals surface area contributed by atoms with Crippen LogP contribution < -0.4 is 5.32 Å².